The molecule has 1 heterocycles. The second-order valence-corrected chi connectivity index (χ2v) is 6.85. The monoisotopic (exact) mass is 255 g/mol. The topological polar surface area (TPSA) is 18.5 Å². The first-order valence-corrected chi connectivity index (χ1v) is 7.53. The Hall–Kier alpha value is -0.120. The van der Waals surface area contributed by atoms with Crippen molar-refractivity contribution in [1.82, 2.24) is 15.1 Å². The second-order valence-electron chi connectivity index (χ2n) is 6.85. The van der Waals surface area contributed by atoms with Gasteiger partial charge in [-0.15, -0.1) is 0 Å². The molecule has 0 aromatic heterocycles. The maximum absolute atomic E-state index is 3.68. The molecule has 2 atom stereocenters. The van der Waals surface area contributed by atoms with E-state index in [1.807, 2.05) is 0 Å². The van der Waals surface area contributed by atoms with Crippen LogP contribution in [0.4, 0.5) is 0 Å². The molecule has 0 saturated carbocycles. The number of nitrogens with one attached hydrogen (secondary N) is 1. The number of rotatable bonds is 7. The maximum atomic E-state index is 3.68. The molecule has 108 valence electrons. The van der Waals surface area contributed by atoms with Crippen molar-refractivity contribution in [3.05, 3.63) is 0 Å². The number of hydrogen-bond donors (Lipinski definition) is 1. The lowest BCUT2D eigenvalue weighted by atomic mass is 10.0. The predicted molar refractivity (Wildman–Crippen MR) is 80.0 cm³/mol. The molecule has 2 unspecified atom stereocenters. The fourth-order valence-corrected chi connectivity index (χ4v) is 3.03. The van der Waals surface area contributed by atoms with Gasteiger partial charge in [0.25, 0.3) is 0 Å². The highest BCUT2D eigenvalue weighted by Crippen LogP contribution is 2.19. The highest BCUT2D eigenvalue weighted by molar-refractivity contribution is 4.87. The van der Waals surface area contributed by atoms with E-state index in [9.17, 15) is 0 Å². The van der Waals surface area contributed by atoms with Gasteiger partial charge in [0, 0.05) is 37.8 Å². The van der Waals surface area contributed by atoms with Gasteiger partial charge in [-0.25, -0.2) is 0 Å². The second kappa shape index (κ2) is 7.46. The Balaban J connectivity index is 2.48. The van der Waals surface area contributed by atoms with E-state index in [0.29, 0.717) is 12.1 Å². The Morgan fingerprint density at radius 2 is 1.89 bits per heavy atom. The summed E-state index contributed by atoms with van der Waals surface area (Å²) in [7, 11) is 4.38. The van der Waals surface area contributed by atoms with Crippen LogP contribution in [0.15, 0.2) is 0 Å². The summed E-state index contributed by atoms with van der Waals surface area (Å²) in [6.07, 6.45) is 2.62. The molecule has 3 nitrogen and oxygen atoms in total. The molecule has 1 aliphatic rings. The molecule has 1 rings (SSSR count). The van der Waals surface area contributed by atoms with E-state index in [1.54, 1.807) is 0 Å². The summed E-state index contributed by atoms with van der Waals surface area (Å²) in [6, 6.07) is 2.02. The molecule has 1 fully saturated rings. The summed E-state index contributed by atoms with van der Waals surface area (Å²) in [4.78, 5) is 5.02. The first-order valence-electron chi connectivity index (χ1n) is 7.53. The summed E-state index contributed by atoms with van der Waals surface area (Å²) >= 11 is 0. The Morgan fingerprint density at radius 1 is 1.22 bits per heavy atom. The van der Waals surface area contributed by atoms with Crippen LogP contribution >= 0.6 is 0 Å². The molecule has 3 heteroatoms. The zero-order chi connectivity index (χ0) is 13.7. The Labute approximate surface area is 114 Å². The van der Waals surface area contributed by atoms with Crippen molar-refractivity contribution in [2.45, 2.75) is 58.7 Å². The van der Waals surface area contributed by atoms with Crippen LogP contribution in [0, 0.1) is 5.92 Å². The lowest BCUT2D eigenvalue weighted by Gasteiger charge is -2.31. The van der Waals surface area contributed by atoms with Crippen LogP contribution in [0.5, 0.6) is 0 Å². The quantitative estimate of drug-likeness (QED) is 0.751. The molecule has 0 radical (unpaired) electrons. The first kappa shape index (κ1) is 15.9. The van der Waals surface area contributed by atoms with Crippen LogP contribution in [-0.4, -0.2) is 61.7 Å². The van der Waals surface area contributed by atoms with E-state index in [4.69, 9.17) is 0 Å². The largest absolute Gasteiger partial charge is 0.310 e. The number of nitrogens with zero attached hydrogens (tertiary/aromatic N) is 2. The minimum absolute atomic E-state index is 0.604. The van der Waals surface area contributed by atoms with Crippen LogP contribution in [0.2, 0.25) is 0 Å². The molecular weight excluding hydrogens is 222 g/mol. The number of likely N-dealkylation sites (tertiary alicyclic amines) is 1. The van der Waals surface area contributed by atoms with Crippen molar-refractivity contribution in [1.29, 1.82) is 0 Å². The van der Waals surface area contributed by atoms with Gasteiger partial charge in [0.2, 0.25) is 0 Å². The number of hydrogen-bond acceptors (Lipinski definition) is 3. The van der Waals surface area contributed by atoms with Gasteiger partial charge in [0.05, 0.1) is 0 Å². The molecule has 1 N–H and O–H groups in total. The van der Waals surface area contributed by atoms with Gasteiger partial charge < -0.3 is 10.2 Å². The van der Waals surface area contributed by atoms with Crippen LogP contribution in [0.25, 0.3) is 0 Å². The van der Waals surface area contributed by atoms with Crippen molar-refractivity contribution in [3.8, 4) is 0 Å². The molecule has 0 aromatic rings. The van der Waals surface area contributed by atoms with Crippen molar-refractivity contribution >= 4 is 0 Å². The fraction of sp³-hybridized carbons (Fsp3) is 1.00. The summed E-state index contributed by atoms with van der Waals surface area (Å²) < 4.78 is 0. The maximum Gasteiger partial charge on any atom is 0.0226 e. The van der Waals surface area contributed by atoms with Gasteiger partial charge in [0.15, 0.2) is 0 Å². The standard InChI is InChI=1S/C15H33N3/c1-12(2)9-15(11-17(5)6)18-8-7-14(10-18)16-13(3)4/h12-16H,7-11H2,1-6H3. The average molecular weight is 255 g/mol. The smallest absolute Gasteiger partial charge is 0.0226 e. The predicted octanol–water partition coefficient (Wildman–Crippen LogP) is 2.03. The third-order valence-electron chi connectivity index (χ3n) is 3.62. The Bertz CT molecular complexity index is 216. The van der Waals surface area contributed by atoms with Crippen molar-refractivity contribution in [2.24, 2.45) is 5.92 Å². The molecule has 0 aliphatic carbocycles. The van der Waals surface area contributed by atoms with E-state index in [2.05, 4.69) is 56.9 Å². The first-order chi connectivity index (χ1) is 8.38. The van der Waals surface area contributed by atoms with E-state index >= 15 is 0 Å². The molecule has 0 amide bonds. The van der Waals surface area contributed by atoms with Crippen LogP contribution in [0.1, 0.15) is 40.5 Å². The minimum Gasteiger partial charge on any atom is -0.310 e. The molecule has 1 aliphatic heterocycles. The van der Waals surface area contributed by atoms with E-state index in [-0.39, 0.29) is 0 Å². The minimum atomic E-state index is 0.604. The summed E-state index contributed by atoms with van der Waals surface area (Å²) in [5.41, 5.74) is 0. The zero-order valence-electron chi connectivity index (χ0n) is 13.2. The lowest BCUT2D eigenvalue weighted by Crippen LogP contribution is -2.44. The van der Waals surface area contributed by atoms with Gasteiger partial charge in [0.1, 0.15) is 0 Å². The van der Waals surface area contributed by atoms with Gasteiger partial charge >= 0.3 is 0 Å². The lowest BCUT2D eigenvalue weighted by molar-refractivity contribution is 0.168. The molecule has 1 saturated heterocycles. The fourth-order valence-electron chi connectivity index (χ4n) is 3.03. The summed E-state index contributed by atoms with van der Waals surface area (Å²) in [5, 5.41) is 3.68. The Morgan fingerprint density at radius 3 is 2.39 bits per heavy atom. The molecule has 0 bridgehead atoms. The van der Waals surface area contributed by atoms with Crippen LogP contribution in [0.3, 0.4) is 0 Å². The SMILES string of the molecule is CC(C)CC(CN(C)C)N1CCC(NC(C)C)C1. The van der Waals surface area contributed by atoms with E-state index in [0.717, 1.165) is 12.0 Å². The molecule has 0 spiro atoms. The van der Waals surface area contributed by atoms with Crippen molar-refractivity contribution in [2.75, 3.05) is 33.7 Å². The number of likely N-dealkylation sites (N-methyl/N-ethyl adjacent to an activating group) is 1. The third-order valence-corrected chi connectivity index (χ3v) is 3.62. The van der Waals surface area contributed by atoms with Crippen molar-refractivity contribution < 1.29 is 0 Å². The van der Waals surface area contributed by atoms with Crippen LogP contribution in [-0.2, 0) is 0 Å². The molecule has 0 aromatic carbocycles. The Kier molecular flexibility index (Phi) is 6.61. The van der Waals surface area contributed by atoms with Crippen LogP contribution < -0.4 is 5.32 Å². The highest BCUT2D eigenvalue weighted by Gasteiger charge is 2.28. The van der Waals surface area contributed by atoms with E-state index in [1.165, 1.54) is 32.5 Å². The van der Waals surface area contributed by atoms with E-state index < -0.39 is 0 Å². The average Bonchev–Trinajstić information content (AvgIpc) is 2.62. The zero-order valence-corrected chi connectivity index (χ0v) is 13.2. The summed E-state index contributed by atoms with van der Waals surface area (Å²) in [5.74, 6) is 0.784. The van der Waals surface area contributed by atoms with Gasteiger partial charge in [-0.05, 0) is 32.9 Å². The van der Waals surface area contributed by atoms with Gasteiger partial charge in [-0.1, -0.05) is 27.7 Å². The normalized spacial score (nSPS) is 23.5. The summed E-state index contributed by atoms with van der Waals surface area (Å²) in [6.45, 7) is 12.8. The van der Waals surface area contributed by atoms with Gasteiger partial charge in [-0.2, -0.15) is 0 Å². The molecule has 18 heavy (non-hydrogen) atoms. The van der Waals surface area contributed by atoms with Gasteiger partial charge in [-0.3, -0.25) is 4.90 Å². The molecular formula is C15H33N3. The highest BCUT2D eigenvalue weighted by atomic mass is 15.2. The van der Waals surface area contributed by atoms with Crippen molar-refractivity contribution in [3.63, 3.8) is 0 Å². The third kappa shape index (κ3) is 5.68.